The van der Waals surface area contributed by atoms with E-state index in [1.54, 1.807) is 0 Å². The van der Waals surface area contributed by atoms with Crippen molar-refractivity contribution in [2.24, 2.45) is 11.3 Å². The SMILES string of the molecule is COC(=O)C1CCCC1S(=O)(=O)NC1CCCC(C)(C)C1. The summed E-state index contributed by atoms with van der Waals surface area (Å²) in [5, 5.41) is -0.630. The van der Waals surface area contributed by atoms with Crippen molar-refractivity contribution in [1.29, 1.82) is 0 Å². The van der Waals surface area contributed by atoms with Gasteiger partial charge in [-0.25, -0.2) is 13.1 Å². The Morgan fingerprint density at radius 2 is 1.90 bits per heavy atom. The first-order valence-corrected chi connectivity index (χ1v) is 9.39. The Kier molecular flexibility index (Phi) is 4.98. The molecule has 0 saturated heterocycles. The smallest absolute Gasteiger partial charge is 0.310 e. The van der Waals surface area contributed by atoms with Crippen LogP contribution in [0.4, 0.5) is 0 Å². The summed E-state index contributed by atoms with van der Waals surface area (Å²) >= 11 is 0. The average molecular weight is 317 g/mol. The summed E-state index contributed by atoms with van der Waals surface area (Å²) in [4.78, 5) is 11.8. The standard InChI is InChI=1S/C15H27NO4S/c1-15(2)9-5-6-11(10-15)16-21(18,19)13-8-4-7-12(13)14(17)20-3/h11-13,16H,4-10H2,1-3H3. The maximum absolute atomic E-state index is 12.6. The molecule has 2 saturated carbocycles. The van der Waals surface area contributed by atoms with Gasteiger partial charge in [-0.1, -0.05) is 26.7 Å². The molecule has 21 heavy (non-hydrogen) atoms. The number of methoxy groups -OCH3 is 1. The Balaban J connectivity index is 2.06. The molecule has 2 aliphatic rings. The van der Waals surface area contributed by atoms with Gasteiger partial charge in [-0.3, -0.25) is 4.79 Å². The van der Waals surface area contributed by atoms with Crippen molar-refractivity contribution in [3.63, 3.8) is 0 Å². The lowest BCUT2D eigenvalue weighted by atomic mass is 9.75. The van der Waals surface area contributed by atoms with E-state index in [2.05, 4.69) is 18.6 Å². The van der Waals surface area contributed by atoms with E-state index >= 15 is 0 Å². The number of rotatable bonds is 4. The zero-order valence-corrected chi connectivity index (χ0v) is 14.0. The van der Waals surface area contributed by atoms with Crippen LogP contribution in [0, 0.1) is 11.3 Å². The van der Waals surface area contributed by atoms with Gasteiger partial charge in [-0.05, 0) is 37.5 Å². The summed E-state index contributed by atoms with van der Waals surface area (Å²) in [6, 6.07) is -0.00218. The number of hydrogen-bond acceptors (Lipinski definition) is 4. The van der Waals surface area contributed by atoms with Crippen LogP contribution < -0.4 is 4.72 Å². The highest BCUT2D eigenvalue weighted by atomic mass is 32.2. The number of ether oxygens (including phenoxy) is 1. The fourth-order valence-electron chi connectivity index (χ4n) is 3.84. The van der Waals surface area contributed by atoms with Gasteiger partial charge in [0.05, 0.1) is 18.3 Å². The van der Waals surface area contributed by atoms with Crippen molar-refractivity contribution >= 4 is 16.0 Å². The van der Waals surface area contributed by atoms with Crippen molar-refractivity contribution < 1.29 is 17.9 Å². The molecule has 2 aliphatic carbocycles. The number of esters is 1. The molecule has 0 heterocycles. The van der Waals surface area contributed by atoms with Crippen molar-refractivity contribution in [2.45, 2.75) is 70.1 Å². The lowest BCUT2D eigenvalue weighted by Gasteiger charge is -2.36. The van der Waals surface area contributed by atoms with E-state index < -0.39 is 27.2 Å². The summed E-state index contributed by atoms with van der Waals surface area (Å²) in [6.45, 7) is 4.36. The molecular weight excluding hydrogens is 290 g/mol. The second-order valence-corrected chi connectivity index (χ2v) is 9.15. The van der Waals surface area contributed by atoms with Crippen LogP contribution in [-0.4, -0.2) is 32.8 Å². The fraction of sp³-hybridized carbons (Fsp3) is 0.933. The summed E-state index contributed by atoms with van der Waals surface area (Å²) in [6.07, 6.45) is 5.85. The number of nitrogens with one attached hydrogen (secondary N) is 1. The highest BCUT2D eigenvalue weighted by molar-refractivity contribution is 7.90. The Hall–Kier alpha value is -0.620. The van der Waals surface area contributed by atoms with Crippen LogP contribution in [-0.2, 0) is 19.6 Å². The van der Waals surface area contributed by atoms with Crippen LogP contribution in [0.25, 0.3) is 0 Å². The van der Waals surface area contributed by atoms with Gasteiger partial charge in [0.15, 0.2) is 0 Å². The Bertz CT molecular complexity index is 486. The number of sulfonamides is 1. The van der Waals surface area contributed by atoms with E-state index in [1.165, 1.54) is 7.11 Å². The summed E-state index contributed by atoms with van der Waals surface area (Å²) < 4.78 is 32.9. The number of hydrogen-bond donors (Lipinski definition) is 1. The first kappa shape index (κ1) is 16.7. The molecular formula is C15H27NO4S. The van der Waals surface area contributed by atoms with E-state index in [9.17, 15) is 13.2 Å². The third-order valence-corrected chi connectivity index (χ3v) is 6.91. The molecule has 0 aromatic rings. The van der Waals surface area contributed by atoms with Gasteiger partial charge in [0.1, 0.15) is 0 Å². The average Bonchev–Trinajstić information content (AvgIpc) is 2.86. The fourth-order valence-corrected chi connectivity index (χ4v) is 5.83. The minimum atomic E-state index is -3.46. The number of carbonyl (C=O) groups is 1. The van der Waals surface area contributed by atoms with Crippen molar-refractivity contribution in [3.8, 4) is 0 Å². The van der Waals surface area contributed by atoms with Gasteiger partial charge in [-0.15, -0.1) is 0 Å². The van der Waals surface area contributed by atoms with Crippen LogP contribution in [0.2, 0.25) is 0 Å². The molecule has 3 unspecified atom stereocenters. The van der Waals surface area contributed by atoms with Crippen LogP contribution in [0.1, 0.15) is 58.8 Å². The normalized spacial score (nSPS) is 32.8. The highest BCUT2D eigenvalue weighted by Gasteiger charge is 2.43. The zero-order chi connectivity index (χ0) is 15.7. The lowest BCUT2D eigenvalue weighted by molar-refractivity contribution is -0.145. The van der Waals surface area contributed by atoms with Gasteiger partial charge in [0.2, 0.25) is 10.0 Å². The van der Waals surface area contributed by atoms with Crippen LogP contribution in [0.3, 0.4) is 0 Å². The van der Waals surface area contributed by atoms with E-state index in [4.69, 9.17) is 4.74 Å². The topological polar surface area (TPSA) is 72.5 Å². The predicted molar refractivity (Wildman–Crippen MR) is 81.2 cm³/mol. The van der Waals surface area contributed by atoms with Gasteiger partial charge in [0, 0.05) is 6.04 Å². The molecule has 0 spiro atoms. The van der Waals surface area contributed by atoms with E-state index in [0.29, 0.717) is 12.8 Å². The molecule has 2 fully saturated rings. The third-order valence-electron chi connectivity index (χ3n) is 4.89. The minimum Gasteiger partial charge on any atom is -0.469 e. The second kappa shape index (κ2) is 6.24. The highest BCUT2D eigenvalue weighted by Crippen LogP contribution is 2.37. The molecule has 3 atom stereocenters. The van der Waals surface area contributed by atoms with Crippen molar-refractivity contribution in [1.82, 2.24) is 4.72 Å². The first-order chi connectivity index (χ1) is 9.75. The molecule has 0 bridgehead atoms. The minimum absolute atomic E-state index is 0.00218. The van der Waals surface area contributed by atoms with Gasteiger partial charge in [-0.2, -0.15) is 0 Å². The van der Waals surface area contributed by atoms with Gasteiger partial charge in [0.25, 0.3) is 0 Å². The first-order valence-electron chi connectivity index (χ1n) is 7.84. The predicted octanol–water partition coefficient (Wildman–Crippen LogP) is 2.22. The van der Waals surface area contributed by atoms with Crippen molar-refractivity contribution in [3.05, 3.63) is 0 Å². The van der Waals surface area contributed by atoms with Crippen LogP contribution >= 0.6 is 0 Å². The van der Waals surface area contributed by atoms with Crippen LogP contribution in [0.15, 0.2) is 0 Å². The Labute approximate surface area is 127 Å². The maximum Gasteiger partial charge on any atom is 0.310 e. The molecule has 6 heteroatoms. The zero-order valence-electron chi connectivity index (χ0n) is 13.2. The van der Waals surface area contributed by atoms with Gasteiger partial charge >= 0.3 is 5.97 Å². The summed E-state index contributed by atoms with van der Waals surface area (Å²) in [5.74, 6) is -0.907. The molecule has 0 aliphatic heterocycles. The molecule has 0 amide bonds. The van der Waals surface area contributed by atoms with E-state index in [-0.39, 0.29) is 11.5 Å². The number of carbonyl (C=O) groups excluding carboxylic acids is 1. The quantitative estimate of drug-likeness (QED) is 0.807. The van der Waals surface area contributed by atoms with Crippen molar-refractivity contribution in [2.75, 3.05) is 7.11 Å². The van der Waals surface area contributed by atoms with E-state index in [1.807, 2.05) is 0 Å². The van der Waals surface area contributed by atoms with E-state index in [0.717, 1.165) is 32.1 Å². The molecule has 2 rings (SSSR count). The maximum atomic E-state index is 12.6. The summed E-state index contributed by atoms with van der Waals surface area (Å²) in [5.41, 5.74) is 0.183. The monoisotopic (exact) mass is 317 g/mol. The second-order valence-electron chi connectivity index (χ2n) is 7.22. The van der Waals surface area contributed by atoms with Gasteiger partial charge < -0.3 is 4.74 Å². The molecule has 5 nitrogen and oxygen atoms in total. The molecule has 122 valence electrons. The summed E-state index contributed by atoms with van der Waals surface area (Å²) in [7, 11) is -2.14. The molecule has 0 radical (unpaired) electrons. The third kappa shape index (κ3) is 3.97. The molecule has 0 aromatic heterocycles. The van der Waals surface area contributed by atoms with Crippen LogP contribution in [0.5, 0.6) is 0 Å². The Morgan fingerprint density at radius 3 is 2.52 bits per heavy atom. The Morgan fingerprint density at radius 1 is 1.19 bits per heavy atom. The molecule has 1 N–H and O–H groups in total. The largest absolute Gasteiger partial charge is 0.469 e. The lowest BCUT2D eigenvalue weighted by Crippen LogP contribution is -2.46. The molecule has 0 aromatic carbocycles.